The lowest BCUT2D eigenvalue weighted by atomic mass is 10.0. The van der Waals surface area contributed by atoms with E-state index in [0.717, 1.165) is 31.6 Å². The number of carbonyl (C=O) groups excluding carboxylic acids is 1. The van der Waals surface area contributed by atoms with Crippen molar-refractivity contribution in [2.45, 2.75) is 26.2 Å². The average molecular weight is 261 g/mol. The largest absolute Gasteiger partial charge is 0.385 e. The van der Waals surface area contributed by atoms with Gasteiger partial charge in [-0.15, -0.1) is 0 Å². The number of rotatable bonds is 5. The number of aryl methyl sites for hydroxylation is 1. The Labute approximate surface area is 115 Å². The zero-order chi connectivity index (χ0) is 13.7. The summed E-state index contributed by atoms with van der Waals surface area (Å²) in [6.45, 7) is 4.27. The Morgan fingerprint density at radius 2 is 2.32 bits per heavy atom. The van der Waals surface area contributed by atoms with E-state index in [4.69, 9.17) is 0 Å². The van der Waals surface area contributed by atoms with Crippen LogP contribution in [-0.2, 0) is 11.2 Å². The molecular formula is C15H23N3O. The predicted octanol–water partition coefficient (Wildman–Crippen LogP) is 2.01. The van der Waals surface area contributed by atoms with Crippen molar-refractivity contribution in [2.75, 3.05) is 36.9 Å². The van der Waals surface area contributed by atoms with Crippen molar-refractivity contribution in [1.82, 2.24) is 5.32 Å². The van der Waals surface area contributed by atoms with Crippen LogP contribution in [0.25, 0.3) is 0 Å². The van der Waals surface area contributed by atoms with E-state index in [1.807, 2.05) is 11.9 Å². The lowest BCUT2D eigenvalue weighted by Gasteiger charge is -2.23. The highest BCUT2D eigenvalue weighted by atomic mass is 16.2. The molecule has 1 aromatic rings. The first-order chi connectivity index (χ1) is 9.20. The molecule has 1 aromatic carbocycles. The number of amides is 1. The van der Waals surface area contributed by atoms with Crippen LogP contribution < -0.4 is 15.5 Å². The maximum atomic E-state index is 11.7. The van der Waals surface area contributed by atoms with Crippen LogP contribution in [0.2, 0.25) is 0 Å². The summed E-state index contributed by atoms with van der Waals surface area (Å²) in [4.78, 5) is 13.7. The molecule has 0 atom stereocenters. The zero-order valence-electron chi connectivity index (χ0n) is 11.8. The molecule has 0 saturated heterocycles. The minimum absolute atomic E-state index is 0.0835. The molecule has 0 aliphatic carbocycles. The smallest absolute Gasteiger partial charge is 0.239 e. The van der Waals surface area contributed by atoms with E-state index in [1.165, 1.54) is 17.7 Å². The first-order valence-corrected chi connectivity index (χ1v) is 7.05. The standard InChI is InChI=1S/C15H23N3O/c1-3-8-17-15(19)11-18(2)13-6-7-14-12(10-13)5-4-9-16-14/h6-7,10,16H,3-5,8-9,11H2,1-2H3,(H,17,19). The van der Waals surface area contributed by atoms with Crippen LogP contribution in [0.15, 0.2) is 18.2 Å². The Kier molecular flexibility index (Phi) is 4.66. The number of hydrogen-bond acceptors (Lipinski definition) is 3. The summed E-state index contributed by atoms with van der Waals surface area (Å²) in [5, 5.41) is 6.30. The third-order valence-electron chi connectivity index (χ3n) is 3.42. The zero-order valence-corrected chi connectivity index (χ0v) is 11.8. The summed E-state index contributed by atoms with van der Waals surface area (Å²) >= 11 is 0. The van der Waals surface area contributed by atoms with E-state index in [9.17, 15) is 4.79 Å². The number of nitrogens with one attached hydrogen (secondary N) is 2. The third-order valence-corrected chi connectivity index (χ3v) is 3.42. The molecule has 0 aromatic heterocycles. The van der Waals surface area contributed by atoms with Gasteiger partial charge in [0, 0.05) is 31.5 Å². The topological polar surface area (TPSA) is 44.4 Å². The second kappa shape index (κ2) is 6.45. The van der Waals surface area contributed by atoms with Gasteiger partial charge in [-0.25, -0.2) is 0 Å². The summed E-state index contributed by atoms with van der Waals surface area (Å²) in [7, 11) is 1.96. The molecule has 1 heterocycles. The Balaban J connectivity index is 1.99. The first kappa shape index (κ1) is 13.7. The van der Waals surface area contributed by atoms with Crippen LogP contribution >= 0.6 is 0 Å². The lowest BCUT2D eigenvalue weighted by molar-refractivity contribution is -0.119. The van der Waals surface area contributed by atoms with Crippen LogP contribution in [0.1, 0.15) is 25.3 Å². The van der Waals surface area contributed by atoms with E-state index < -0.39 is 0 Å². The highest BCUT2D eigenvalue weighted by molar-refractivity contribution is 5.81. The average Bonchev–Trinajstić information content (AvgIpc) is 2.44. The maximum Gasteiger partial charge on any atom is 0.239 e. The minimum Gasteiger partial charge on any atom is -0.385 e. The molecule has 0 fully saturated rings. The van der Waals surface area contributed by atoms with Gasteiger partial charge in [0.25, 0.3) is 0 Å². The van der Waals surface area contributed by atoms with Gasteiger partial charge in [-0.3, -0.25) is 4.79 Å². The first-order valence-electron chi connectivity index (χ1n) is 7.05. The molecule has 1 aliphatic rings. The minimum atomic E-state index is 0.0835. The molecular weight excluding hydrogens is 238 g/mol. The maximum absolute atomic E-state index is 11.7. The Morgan fingerprint density at radius 1 is 1.47 bits per heavy atom. The number of nitrogens with zero attached hydrogens (tertiary/aromatic N) is 1. The summed E-state index contributed by atoms with van der Waals surface area (Å²) < 4.78 is 0. The quantitative estimate of drug-likeness (QED) is 0.852. The van der Waals surface area contributed by atoms with Gasteiger partial charge < -0.3 is 15.5 Å². The monoisotopic (exact) mass is 261 g/mol. The van der Waals surface area contributed by atoms with Crippen molar-refractivity contribution in [2.24, 2.45) is 0 Å². The van der Waals surface area contributed by atoms with Gasteiger partial charge in [0.15, 0.2) is 0 Å². The van der Waals surface area contributed by atoms with Gasteiger partial charge in [0.1, 0.15) is 0 Å². The molecule has 104 valence electrons. The van der Waals surface area contributed by atoms with E-state index in [1.54, 1.807) is 0 Å². The fourth-order valence-corrected chi connectivity index (χ4v) is 2.33. The molecule has 0 spiro atoms. The Hall–Kier alpha value is -1.71. The van der Waals surface area contributed by atoms with Crippen LogP contribution in [0.3, 0.4) is 0 Å². The van der Waals surface area contributed by atoms with Crippen molar-refractivity contribution in [3.8, 4) is 0 Å². The number of carbonyl (C=O) groups is 1. The highest BCUT2D eigenvalue weighted by Gasteiger charge is 2.12. The van der Waals surface area contributed by atoms with Gasteiger partial charge >= 0.3 is 0 Å². The summed E-state index contributed by atoms with van der Waals surface area (Å²) in [5.41, 5.74) is 3.69. The number of fused-ring (bicyclic) bond motifs is 1. The van der Waals surface area contributed by atoms with Crippen LogP contribution in [0.4, 0.5) is 11.4 Å². The van der Waals surface area contributed by atoms with Crippen LogP contribution in [-0.4, -0.2) is 32.6 Å². The molecule has 1 amide bonds. The van der Waals surface area contributed by atoms with Gasteiger partial charge in [-0.05, 0) is 43.0 Å². The second-order valence-corrected chi connectivity index (χ2v) is 5.08. The molecule has 1 aliphatic heterocycles. The van der Waals surface area contributed by atoms with Gasteiger partial charge in [0.2, 0.25) is 5.91 Å². The molecule has 0 unspecified atom stereocenters. The van der Waals surface area contributed by atoms with Crippen molar-refractivity contribution in [3.63, 3.8) is 0 Å². The summed E-state index contributed by atoms with van der Waals surface area (Å²) in [6.07, 6.45) is 3.27. The molecule has 0 bridgehead atoms. The van der Waals surface area contributed by atoms with E-state index in [-0.39, 0.29) is 5.91 Å². The molecule has 0 saturated carbocycles. The SMILES string of the molecule is CCCNC(=O)CN(C)c1ccc2c(c1)CCCN2. The molecule has 4 heteroatoms. The van der Waals surface area contributed by atoms with Crippen molar-refractivity contribution in [3.05, 3.63) is 23.8 Å². The van der Waals surface area contributed by atoms with Gasteiger partial charge in [-0.1, -0.05) is 6.92 Å². The van der Waals surface area contributed by atoms with E-state index in [2.05, 4.69) is 35.8 Å². The summed E-state index contributed by atoms with van der Waals surface area (Å²) in [6, 6.07) is 6.38. The molecule has 2 N–H and O–H groups in total. The number of likely N-dealkylation sites (N-methyl/N-ethyl adjacent to an activating group) is 1. The Bertz CT molecular complexity index is 445. The molecule has 2 rings (SSSR count). The highest BCUT2D eigenvalue weighted by Crippen LogP contribution is 2.26. The normalized spacial score (nSPS) is 13.4. The van der Waals surface area contributed by atoms with E-state index in [0.29, 0.717) is 6.54 Å². The fourth-order valence-electron chi connectivity index (χ4n) is 2.33. The number of benzene rings is 1. The fraction of sp³-hybridized carbons (Fsp3) is 0.533. The van der Waals surface area contributed by atoms with Crippen molar-refractivity contribution in [1.29, 1.82) is 0 Å². The van der Waals surface area contributed by atoms with Gasteiger partial charge in [0.05, 0.1) is 6.54 Å². The van der Waals surface area contributed by atoms with Crippen molar-refractivity contribution < 1.29 is 4.79 Å². The predicted molar refractivity (Wildman–Crippen MR) is 79.8 cm³/mol. The third kappa shape index (κ3) is 3.63. The van der Waals surface area contributed by atoms with Crippen LogP contribution in [0.5, 0.6) is 0 Å². The van der Waals surface area contributed by atoms with Crippen LogP contribution in [0, 0.1) is 0 Å². The summed E-state index contributed by atoms with van der Waals surface area (Å²) in [5.74, 6) is 0.0835. The Morgan fingerprint density at radius 3 is 3.11 bits per heavy atom. The lowest BCUT2D eigenvalue weighted by Crippen LogP contribution is -2.35. The number of anilines is 2. The van der Waals surface area contributed by atoms with Gasteiger partial charge in [-0.2, -0.15) is 0 Å². The number of hydrogen-bond donors (Lipinski definition) is 2. The van der Waals surface area contributed by atoms with E-state index >= 15 is 0 Å². The molecule has 4 nitrogen and oxygen atoms in total. The second-order valence-electron chi connectivity index (χ2n) is 5.08. The molecule has 19 heavy (non-hydrogen) atoms. The van der Waals surface area contributed by atoms with Crippen molar-refractivity contribution >= 4 is 17.3 Å². The molecule has 0 radical (unpaired) electrons.